The largest absolute Gasteiger partial charge is 0.351 e. The van der Waals surface area contributed by atoms with Crippen molar-refractivity contribution in [3.63, 3.8) is 0 Å². The minimum absolute atomic E-state index is 0.668. The van der Waals surface area contributed by atoms with E-state index in [1.165, 1.54) is 28.4 Å². The first-order valence-electron chi connectivity index (χ1n) is 4.98. The third kappa shape index (κ3) is 2.09. The van der Waals surface area contributed by atoms with Crippen LogP contribution >= 0.6 is 0 Å². The van der Waals surface area contributed by atoms with Gasteiger partial charge in [0, 0.05) is 28.4 Å². The van der Waals surface area contributed by atoms with Gasteiger partial charge >= 0.3 is 0 Å². The van der Waals surface area contributed by atoms with Crippen LogP contribution in [-0.2, 0) is 28.4 Å². The summed E-state index contributed by atoms with van der Waals surface area (Å²) >= 11 is 0. The number of hydrogen-bond donors (Lipinski definition) is 0. The first-order chi connectivity index (χ1) is 7.46. The van der Waals surface area contributed by atoms with E-state index in [1.54, 1.807) is 13.8 Å². The highest BCUT2D eigenvalue weighted by atomic mass is 16.9. The van der Waals surface area contributed by atoms with Gasteiger partial charge in [0.15, 0.2) is 0 Å². The maximum absolute atomic E-state index is 5.66. The molecule has 0 aromatic carbocycles. The van der Waals surface area contributed by atoms with E-state index >= 15 is 0 Å². The Morgan fingerprint density at radius 3 is 1.25 bits per heavy atom. The highest BCUT2D eigenvalue weighted by molar-refractivity contribution is 4.86. The van der Waals surface area contributed by atoms with Crippen LogP contribution in [0.25, 0.3) is 0 Å². The molecule has 96 valence electrons. The lowest BCUT2D eigenvalue weighted by Crippen LogP contribution is -2.65. The summed E-state index contributed by atoms with van der Waals surface area (Å²) in [4.78, 5) is 0. The van der Waals surface area contributed by atoms with E-state index in [-0.39, 0.29) is 0 Å². The first-order valence-corrected chi connectivity index (χ1v) is 4.98. The molecule has 0 aliphatic carbocycles. The molecular formula is C10H20O6. The summed E-state index contributed by atoms with van der Waals surface area (Å²) in [5.74, 6) is -2.14. The summed E-state index contributed by atoms with van der Waals surface area (Å²) in [6.45, 7) is 3.43. The van der Waals surface area contributed by atoms with Gasteiger partial charge in [-0.3, -0.25) is 0 Å². The van der Waals surface area contributed by atoms with Gasteiger partial charge in [-0.2, -0.15) is 0 Å². The van der Waals surface area contributed by atoms with Crippen molar-refractivity contribution in [1.29, 1.82) is 0 Å². The smallest absolute Gasteiger partial charge is 0.222 e. The molecule has 0 N–H and O–H groups in total. The van der Waals surface area contributed by atoms with Crippen molar-refractivity contribution in [3.8, 4) is 0 Å². The molecule has 4 atom stereocenters. The lowest BCUT2D eigenvalue weighted by molar-refractivity contribution is -0.499. The first kappa shape index (κ1) is 13.8. The van der Waals surface area contributed by atoms with Crippen LogP contribution in [0.2, 0.25) is 0 Å². The fourth-order valence-electron chi connectivity index (χ4n) is 1.55. The molecule has 0 aromatic rings. The fourth-order valence-corrected chi connectivity index (χ4v) is 1.55. The Morgan fingerprint density at radius 1 is 0.750 bits per heavy atom. The van der Waals surface area contributed by atoms with Crippen LogP contribution in [0.1, 0.15) is 13.8 Å². The number of rotatable bonds is 4. The van der Waals surface area contributed by atoms with Crippen molar-refractivity contribution in [2.75, 3.05) is 28.4 Å². The molecule has 6 nitrogen and oxygen atoms in total. The fraction of sp³-hybridized carbons (Fsp3) is 1.00. The van der Waals surface area contributed by atoms with E-state index in [1.807, 2.05) is 0 Å². The maximum atomic E-state index is 5.66. The van der Waals surface area contributed by atoms with Crippen LogP contribution in [0.15, 0.2) is 0 Å². The Bertz CT molecular complexity index is 211. The SMILES string of the molecule is COC1OC(C)(OC)C(C)(OC)OC1OC. The van der Waals surface area contributed by atoms with Crippen molar-refractivity contribution in [1.82, 2.24) is 0 Å². The van der Waals surface area contributed by atoms with Gasteiger partial charge in [0.05, 0.1) is 0 Å². The van der Waals surface area contributed by atoms with Gasteiger partial charge in [0.25, 0.3) is 0 Å². The van der Waals surface area contributed by atoms with Gasteiger partial charge < -0.3 is 28.4 Å². The van der Waals surface area contributed by atoms with E-state index in [0.717, 1.165) is 0 Å². The molecule has 6 heteroatoms. The van der Waals surface area contributed by atoms with E-state index < -0.39 is 24.2 Å². The summed E-state index contributed by atoms with van der Waals surface area (Å²) in [7, 11) is 6.04. The van der Waals surface area contributed by atoms with Crippen molar-refractivity contribution < 1.29 is 28.4 Å². The zero-order valence-corrected chi connectivity index (χ0v) is 10.6. The molecular weight excluding hydrogens is 216 g/mol. The molecule has 1 aliphatic rings. The van der Waals surface area contributed by atoms with Gasteiger partial charge in [-0.15, -0.1) is 0 Å². The molecule has 4 unspecified atom stereocenters. The molecule has 1 rings (SSSR count). The molecule has 1 heterocycles. The second kappa shape index (κ2) is 4.95. The molecule has 0 aromatic heterocycles. The molecule has 1 fully saturated rings. The van der Waals surface area contributed by atoms with Crippen LogP contribution in [0.5, 0.6) is 0 Å². The van der Waals surface area contributed by atoms with E-state index in [4.69, 9.17) is 28.4 Å². The van der Waals surface area contributed by atoms with E-state index in [9.17, 15) is 0 Å². The van der Waals surface area contributed by atoms with Crippen LogP contribution in [0.4, 0.5) is 0 Å². The molecule has 0 amide bonds. The van der Waals surface area contributed by atoms with Crippen LogP contribution < -0.4 is 0 Å². The average Bonchev–Trinajstić information content (AvgIpc) is 2.31. The molecule has 0 spiro atoms. The Balaban J connectivity index is 2.94. The van der Waals surface area contributed by atoms with Gasteiger partial charge in [0.2, 0.25) is 24.2 Å². The second-order valence-electron chi connectivity index (χ2n) is 3.74. The zero-order chi connectivity index (χ0) is 12.4. The Kier molecular flexibility index (Phi) is 4.28. The van der Waals surface area contributed by atoms with Crippen LogP contribution in [0, 0.1) is 0 Å². The summed E-state index contributed by atoms with van der Waals surface area (Å²) in [6, 6.07) is 0. The normalized spacial score (nSPS) is 44.6. The summed E-state index contributed by atoms with van der Waals surface area (Å²) in [5, 5.41) is 0. The highest BCUT2D eigenvalue weighted by Crippen LogP contribution is 2.39. The molecule has 0 radical (unpaired) electrons. The second-order valence-corrected chi connectivity index (χ2v) is 3.74. The van der Waals surface area contributed by atoms with Gasteiger partial charge in [0.1, 0.15) is 0 Å². The lowest BCUT2D eigenvalue weighted by Gasteiger charge is -2.50. The van der Waals surface area contributed by atoms with Crippen molar-refractivity contribution in [2.45, 2.75) is 38.0 Å². The monoisotopic (exact) mass is 236 g/mol. The van der Waals surface area contributed by atoms with Crippen molar-refractivity contribution in [3.05, 3.63) is 0 Å². The minimum Gasteiger partial charge on any atom is -0.351 e. The minimum atomic E-state index is -1.07. The third-order valence-corrected chi connectivity index (χ3v) is 2.97. The molecule has 0 bridgehead atoms. The quantitative estimate of drug-likeness (QED) is 0.716. The number of ether oxygens (including phenoxy) is 6. The summed E-state index contributed by atoms with van der Waals surface area (Å²) in [6.07, 6.45) is -1.34. The number of hydrogen-bond acceptors (Lipinski definition) is 6. The van der Waals surface area contributed by atoms with Crippen LogP contribution in [0.3, 0.4) is 0 Å². The van der Waals surface area contributed by atoms with Crippen molar-refractivity contribution in [2.24, 2.45) is 0 Å². The topological polar surface area (TPSA) is 55.4 Å². The van der Waals surface area contributed by atoms with Gasteiger partial charge in [-0.25, -0.2) is 0 Å². The van der Waals surface area contributed by atoms with Crippen molar-refractivity contribution >= 4 is 0 Å². The number of methoxy groups -OCH3 is 4. The predicted octanol–water partition coefficient (Wildman–Crippen LogP) is 0.703. The standard InChI is InChI=1S/C10H20O6/c1-9(13-5)10(2,14-6)16-8(12-4)7(11-3)15-9/h7-8H,1-6H3. The third-order valence-electron chi connectivity index (χ3n) is 2.97. The van der Waals surface area contributed by atoms with E-state index in [0.29, 0.717) is 0 Å². The molecule has 16 heavy (non-hydrogen) atoms. The Morgan fingerprint density at radius 2 is 1.06 bits per heavy atom. The van der Waals surface area contributed by atoms with Gasteiger partial charge in [-0.1, -0.05) is 0 Å². The van der Waals surface area contributed by atoms with E-state index in [2.05, 4.69) is 0 Å². The lowest BCUT2D eigenvalue weighted by atomic mass is 10.1. The summed E-state index contributed by atoms with van der Waals surface area (Å²) < 4.78 is 32.2. The highest BCUT2D eigenvalue weighted by Gasteiger charge is 2.57. The average molecular weight is 236 g/mol. The predicted molar refractivity (Wildman–Crippen MR) is 54.6 cm³/mol. The molecule has 0 saturated carbocycles. The van der Waals surface area contributed by atoms with Gasteiger partial charge in [-0.05, 0) is 13.8 Å². The maximum Gasteiger partial charge on any atom is 0.222 e. The molecule has 1 saturated heterocycles. The van der Waals surface area contributed by atoms with Crippen LogP contribution in [-0.4, -0.2) is 52.6 Å². The molecule has 1 aliphatic heterocycles. The zero-order valence-electron chi connectivity index (χ0n) is 10.6. The Hall–Kier alpha value is -0.240. The summed E-state index contributed by atoms with van der Waals surface area (Å²) in [5.41, 5.74) is 0. The Labute approximate surface area is 95.7 Å².